The molecule has 0 aliphatic rings. The van der Waals surface area contributed by atoms with Gasteiger partial charge in [0, 0.05) is 28.8 Å². The SMILES string of the molecule is Nc1cc(Br)cc(C(=O)NC(CCO)C(=O)O)c1. The standard InChI is InChI=1S/C11H13BrN2O4/c12-7-3-6(4-8(13)5-7)10(16)14-9(1-2-15)11(17)18/h3-5,9,15H,1-2,13H2,(H,14,16)(H,17,18). The number of carbonyl (C=O) groups is 2. The van der Waals surface area contributed by atoms with E-state index >= 15 is 0 Å². The van der Waals surface area contributed by atoms with E-state index in [-0.39, 0.29) is 18.6 Å². The largest absolute Gasteiger partial charge is 0.480 e. The predicted octanol–water partition coefficient (Wildman–Crippen LogP) is 0.597. The highest BCUT2D eigenvalue weighted by Crippen LogP contribution is 2.17. The average molecular weight is 317 g/mol. The Bertz CT molecular complexity index is 444. The third-order valence-electron chi connectivity index (χ3n) is 2.20. The van der Waals surface area contributed by atoms with Gasteiger partial charge in [0.2, 0.25) is 0 Å². The Balaban J connectivity index is 2.83. The molecule has 0 spiro atoms. The van der Waals surface area contributed by atoms with Crippen molar-refractivity contribution >= 4 is 33.5 Å². The van der Waals surface area contributed by atoms with E-state index in [4.69, 9.17) is 15.9 Å². The van der Waals surface area contributed by atoms with Gasteiger partial charge in [-0.05, 0) is 18.2 Å². The lowest BCUT2D eigenvalue weighted by molar-refractivity contribution is -0.139. The van der Waals surface area contributed by atoms with E-state index in [1.807, 2.05) is 0 Å². The first-order valence-corrected chi connectivity index (χ1v) is 5.94. The second kappa shape index (κ2) is 6.36. The van der Waals surface area contributed by atoms with Crippen LogP contribution in [0.2, 0.25) is 0 Å². The molecule has 1 unspecified atom stereocenters. The van der Waals surface area contributed by atoms with E-state index in [2.05, 4.69) is 21.2 Å². The fraction of sp³-hybridized carbons (Fsp3) is 0.273. The molecule has 1 atom stereocenters. The maximum absolute atomic E-state index is 11.8. The van der Waals surface area contributed by atoms with Crippen LogP contribution in [0, 0.1) is 0 Å². The zero-order chi connectivity index (χ0) is 13.7. The van der Waals surface area contributed by atoms with Crippen molar-refractivity contribution < 1.29 is 19.8 Å². The van der Waals surface area contributed by atoms with Crippen LogP contribution >= 0.6 is 15.9 Å². The highest BCUT2D eigenvalue weighted by Gasteiger charge is 2.20. The van der Waals surface area contributed by atoms with E-state index in [1.54, 1.807) is 6.07 Å². The number of nitrogen functional groups attached to an aromatic ring is 1. The molecule has 0 fully saturated rings. The number of carboxylic acids is 1. The number of nitrogens with one attached hydrogen (secondary N) is 1. The second-order valence-corrected chi connectivity index (χ2v) is 4.57. The smallest absolute Gasteiger partial charge is 0.326 e. The molecule has 7 heteroatoms. The van der Waals surface area contributed by atoms with Crippen LogP contribution < -0.4 is 11.1 Å². The van der Waals surface area contributed by atoms with Gasteiger partial charge in [-0.15, -0.1) is 0 Å². The number of aliphatic carboxylic acids is 1. The van der Waals surface area contributed by atoms with Crippen molar-refractivity contribution in [2.45, 2.75) is 12.5 Å². The summed E-state index contributed by atoms with van der Waals surface area (Å²) in [4.78, 5) is 22.6. The Morgan fingerprint density at radius 1 is 1.39 bits per heavy atom. The van der Waals surface area contributed by atoms with Crippen molar-refractivity contribution in [2.75, 3.05) is 12.3 Å². The van der Waals surface area contributed by atoms with Crippen molar-refractivity contribution in [3.8, 4) is 0 Å². The molecule has 1 amide bonds. The monoisotopic (exact) mass is 316 g/mol. The van der Waals surface area contributed by atoms with Gasteiger partial charge in [0.05, 0.1) is 0 Å². The lowest BCUT2D eigenvalue weighted by atomic mass is 10.1. The summed E-state index contributed by atoms with van der Waals surface area (Å²) in [7, 11) is 0. The first-order valence-electron chi connectivity index (χ1n) is 5.14. The highest BCUT2D eigenvalue weighted by atomic mass is 79.9. The summed E-state index contributed by atoms with van der Waals surface area (Å²) >= 11 is 3.19. The van der Waals surface area contributed by atoms with Gasteiger partial charge in [-0.25, -0.2) is 4.79 Å². The van der Waals surface area contributed by atoms with Crippen LogP contribution in [0.4, 0.5) is 5.69 Å². The quantitative estimate of drug-likeness (QED) is 0.594. The Morgan fingerprint density at radius 3 is 2.56 bits per heavy atom. The molecule has 0 aromatic heterocycles. The number of anilines is 1. The van der Waals surface area contributed by atoms with Crippen LogP contribution in [-0.4, -0.2) is 34.7 Å². The molecular formula is C11H13BrN2O4. The van der Waals surface area contributed by atoms with Crippen LogP contribution in [0.3, 0.4) is 0 Å². The molecule has 1 aromatic carbocycles. The summed E-state index contributed by atoms with van der Waals surface area (Å²) in [5.41, 5.74) is 6.23. The molecule has 18 heavy (non-hydrogen) atoms. The number of carboxylic acid groups (broad SMARTS) is 1. The second-order valence-electron chi connectivity index (χ2n) is 3.65. The van der Waals surface area contributed by atoms with Crippen molar-refractivity contribution in [1.82, 2.24) is 5.32 Å². The molecule has 0 radical (unpaired) electrons. The fourth-order valence-electron chi connectivity index (χ4n) is 1.37. The van der Waals surface area contributed by atoms with Crippen molar-refractivity contribution in [3.05, 3.63) is 28.2 Å². The molecule has 1 aromatic rings. The van der Waals surface area contributed by atoms with Gasteiger partial charge >= 0.3 is 5.97 Å². The summed E-state index contributed by atoms with van der Waals surface area (Å²) in [5, 5.41) is 19.9. The molecule has 0 aliphatic heterocycles. The number of nitrogens with two attached hydrogens (primary N) is 1. The van der Waals surface area contributed by atoms with Gasteiger partial charge in [-0.1, -0.05) is 15.9 Å². The fourth-order valence-corrected chi connectivity index (χ4v) is 1.88. The van der Waals surface area contributed by atoms with Gasteiger partial charge in [0.15, 0.2) is 0 Å². The van der Waals surface area contributed by atoms with Crippen molar-refractivity contribution in [2.24, 2.45) is 0 Å². The average Bonchev–Trinajstić information content (AvgIpc) is 2.26. The summed E-state index contributed by atoms with van der Waals surface area (Å²) < 4.78 is 0.627. The van der Waals surface area contributed by atoms with E-state index < -0.39 is 17.9 Å². The van der Waals surface area contributed by atoms with E-state index in [9.17, 15) is 9.59 Å². The molecule has 0 aliphatic carbocycles. The topological polar surface area (TPSA) is 113 Å². The number of carbonyl (C=O) groups excluding carboxylic acids is 1. The Hall–Kier alpha value is -1.60. The number of hydrogen-bond acceptors (Lipinski definition) is 4. The Morgan fingerprint density at radius 2 is 2.06 bits per heavy atom. The number of amides is 1. The van der Waals surface area contributed by atoms with Gasteiger partial charge in [0.1, 0.15) is 6.04 Å². The van der Waals surface area contributed by atoms with Crippen LogP contribution in [0.25, 0.3) is 0 Å². The minimum Gasteiger partial charge on any atom is -0.480 e. The Labute approximate surface area is 112 Å². The summed E-state index contributed by atoms with van der Waals surface area (Å²) in [6, 6.07) is 3.48. The highest BCUT2D eigenvalue weighted by molar-refractivity contribution is 9.10. The molecule has 98 valence electrons. The maximum Gasteiger partial charge on any atom is 0.326 e. The molecule has 5 N–H and O–H groups in total. The number of aliphatic hydroxyl groups is 1. The molecule has 0 saturated heterocycles. The third-order valence-corrected chi connectivity index (χ3v) is 2.66. The van der Waals surface area contributed by atoms with Gasteiger partial charge in [-0.3, -0.25) is 4.79 Å². The zero-order valence-electron chi connectivity index (χ0n) is 9.39. The minimum absolute atomic E-state index is 0.0510. The number of aliphatic hydroxyl groups excluding tert-OH is 1. The van der Waals surface area contributed by atoms with E-state index in [1.165, 1.54) is 12.1 Å². The normalized spacial score (nSPS) is 11.9. The van der Waals surface area contributed by atoms with E-state index in [0.29, 0.717) is 10.2 Å². The summed E-state index contributed by atoms with van der Waals surface area (Å²) in [6.45, 7) is -0.322. The van der Waals surface area contributed by atoms with Gasteiger partial charge < -0.3 is 21.3 Å². The lowest BCUT2D eigenvalue weighted by Gasteiger charge is -2.13. The van der Waals surface area contributed by atoms with Gasteiger partial charge in [0.25, 0.3) is 5.91 Å². The molecule has 0 bridgehead atoms. The van der Waals surface area contributed by atoms with E-state index in [0.717, 1.165) is 0 Å². The zero-order valence-corrected chi connectivity index (χ0v) is 11.0. The number of benzene rings is 1. The van der Waals surface area contributed by atoms with Crippen LogP contribution in [-0.2, 0) is 4.79 Å². The third kappa shape index (κ3) is 4.01. The molecule has 0 heterocycles. The van der Waals surface area contributed by atoms with Crippen molar-refractivity contribution in [3.63, 3.8) is 0 Å². The Kier molecular flexibility index (Phi) is 5.11. The summed E-state index contributed by atoms with van der Waals surface area (Å²) in [6.07, 6.45) is -0.0510. The first kappa shape index (κ1) is 14.5. The minimum atomic E-state index is -1.19. The molecule has 6 nitrogen and oxygen atoms in total. The molecular weight excluding hydrogens is 304 g/mol. The number of hydrogen-bond donors (Lipinski definition) is 4. The lowest BCUT2D eigenvalue weighted by Crippen LogP contribution is -2.41. The maximum atomic E-state index is 11.8. The first-order chi connectivity index (χ1) is 8.43. The molecule has 0 saturated carbocycles. The number of halogens is 1. The predicted molar refractivity (Wildman–Crippen MR) is 69.1 cm³/mol. The van der Waals surface area contributed by atoms with Crippen LogP contribution in [0.15, 0.2) is 22.7 Å². The summed E-state index contributed by atoms with van der Waals surface area (Å²) in [5.74, 6) is -1.75. The molecule has 1 rings (SSSR count). The number of rotatable bonds is 5. The van der Waals surface area contributed by atoms with Crippen molar-refractivity contribution in [1.29, 1.82) is 0 Å². The van der Waals surface area contributed by atoms with Crippen LogP contribution in [0.1, 0.15) is 16.8 Å². The van der Waals surface area contributed by atoms with Gasteiger partial charge in [-0.2, -0.15) is 0 Å². The van der Waals surface area contributed by atoms with Crippen LogP contribution in [0.5, 0.6) is 0 Å².